The Balaban J connectivity index is 1.37. The van der Waals surface area contributed by atoms with Gasteiger partial charge in [0.1, 0.15) is 24.0 Å². The molecule has 0 aliphatic heterocycles. The molecule has 1 aliphatic rings. The first-order chi connectivity index (χ1) is 13.6. The van der Waals surface area contributed by atoms with Crippen LogP contribution in [0.25, 0.3) is 11.0 Å². The Kier molecular flexibility index (Phi) is 5.46. The van der Waals surface area contributed by atoms with E-state index < -0.39 is 6.10 Å². The lowest BCUT2D eigenvalue weighted by Gasteiger charge is -2.21. The number of nitrogens with zero attached hydrogens (tertiary/aromatic N) is 1. The standard InChI is InChI=1S/C23H25NO4/c1-24(13-16-6-3-2-4-7-16)14-17(25)15-27-18-10-11-20-19-8-5-9-21(19)23(26)28-22(20)12-18/h2-4,6-7,10-12,17,25H,5,8-9,13-15H2,1H3/t17-/m0/s1. The molecule has 0 bridgehead atoms. The number of aryl methyl sites for hydroxylation is 1. The van der Waals surface area contributed by atoms with Crippen molar-refractivity contribution in [1.82, 2.24) is 4.90 Å². The molecule has 0 spiro atoms. The number of ether oxygens (including phenoxy) is 1. The monoisotopic (exact) mass is 379 g/mol. The van der Waals surface area contributed by atoms with Gasteiger partial charge in [0.15, 0.2) is 0 Å². The van der Waals surface area contributed by atoms with Crippen molar-refractivity contribution >= 4 is 11.0 Å². The fraction of sp³-hybridized carbons (Fsp3) is 0.348. The number of benzene rings is 2. The number of aliphatic hydroxyl groups is 1. The van der Waals surface area contributed by atoms with E-state index in [4.69, 9.17) is 9.15 Å². The van der Waals surface area contributed by atoms with Crippen molar-refractivity contribution in [1.29, 1.82) is 0 Å². The van der Waals surface area contributed by atoms with E-state index in [0.717, 1.165) is 42.3 Å². The summed E-state index contributed by atoms with van der Waals surface area (Å²) in [5, 5.41) is 11.3. The molecule has 0 fully saturated rings. The second-order valence-corrected chi connectivity index (χ2v) is 7.51. The van der Waals surface area contributed by atoms with Crippen molar-refractivity contribution in [2.45, 2.75) is 31.9 Å². The first-order valence-corrected chi connectivity index (χ1v) is 9.72. The van der Waals surface area contributed by atoms with Crippen LogP contribution in [0.2, 0.25) is 0 Å². The largest absolute Gasteiger partial charge is 0.491 e. The molecular formula is C23H25NO4. The van der Waals surface area contributed by atoms with Gasteiger partial charge in [-0.2, -0.15) is 0 Å². The Morgan fingerprint density at radius 3 is 2.75 bits per heavy atom. The van der Waals surface area contributed by atoms with Crippen LogP contribution in [0.5, 0.6) is 5.75 Å². The average Bonchev–Trinajstić information content (AvgIpc) is 3.18. The van der Waals surface area contributed by atoms with Crippen molar-refractivity contribution in [3.05, 3.63) is 75.6 Å². The maximum absolute atomic E-state index is 12.1. The van der Waals surface area contributed by atoms with Crippen molar-refractivity contribution in [3.8, 4) is 5.75 Å². The lowest BCUT2D eigenvalue weighted by atomic mass is 10.1. The van der Waals surface area contributed by atoms with Crippen LogP contribution in [0.3, 0.4) is 0 Å². The highest BCUT2D eigenvalue weighted by Gasteiger charge is 2.19. The van der Waals surface area contributed by atoms with E-state index in [1.807, 2.05) is 37.4 Å². The topological polar surface area (TPSA) is 62.9 Å². The van der Waals surface area contributed by atoms with Crippen LogP contribution >= 0.6 is 0 Å². The molecule has 1 atom stereocenters. The Hall–Kier alpha value is -2.63. The molecule has 0 unspecified atom stereocenters. The lowest BCUT2D eigenvalue weighted by molar-refractivity contribution is 0.0744. The van der Waals surface area contributed by atoms with Gasteiger partial charge in [-0.1, -0.05) is 30.3 Å². The fourth-order valence-electron chi connectivity index (χ4n) is 3.92. The Labute approximate surface area is 164 Å². The molecule has 1 aliphatic carbocycles. The zero-order valence-corrected chi connectivity index (χ0v) is 16.1. The Morgan fingerprint density at radius 1 is 1.14 bits per heavy atom. The zero-order valence-electron chi connectivity index (χ0n) is 16.1. The van der Waals surface area contributed by atoms with Gasteiger partial charge >= 0.3 is 5.63 Å². The minimum absolute atomic E-state index is 0.180. The van der Waals surface area contributed by atoms with E-state index in [2.05, 4.69) is 17.0 Å². The second-order valence-electron chi connectivity index (χ2n) is 7.51. The highest BCUT2D eigenvalue weighted by molar-refractivity contribution is 5.83. The number of likely N-dealkylation sites (N-methyl/N-ethyl adjacent to an activating group) is 1. The predicted molar refractivity (Wildman–Crippen MR) is 109 cm³/mol. The summed E-state index contributed by atoms with van der Waals surface area (Å²) in [7, 11) is 1.97. The van der Waals surface area contributed by atoms with E-state index in [1.165, 1.54) is 5.56 Å². The third-order valence-corrected chi connectivity index (χ3v) is 5.21. The molecule has 1 heterocycles. The SMILES string of the molecule is CN(Cc1ccccc1)C[C@H](O)COc1ccc2c3c(c(=O)oc2c1)CCC3. The summed E-state index contributed by atoms with van der Waals surface area (Å²) in [6.07, 6.45) is 2.11. The van der Waals surface area contributed by atoms with Crippen LogP contribution < -0.4 is 10.4 Å². The van der Waals surface area contributed by atoms with E-state index in [1.54, 1.807) is 6.07 Å². The molecular weight excluding hydrogens is 354 g/mol. The number of hydrogen-bond acceptors (Lipinski definition) is 5. The highest BCUT2D eigenvalue weighted by atomic mass is 16.5. The number of rotatable bonds is 7. The Morgan fingerprint density at radius 2 is 1.93 bits per heavy atom. The van der Waals surface area contributed by atoms with Gasteiger partial charge in [0.25, 0.3) is 0 Å². The highest BCUT2D eigenvalue weighted by Crippen LogP contribution is 2.29. The molecule has 1 N–H and O–H groups in total. The molecule has 146 valence electrons. The summed E-state index contributed by atoms with van der Waals surface area (Å²) in [4.78, 5) is 14.2. The first-order valence-electron chi connectivity index (χ1n) is 9.72. The molecule has 0 saturated carbocycles. The summed E-state index contributed by atoms with van der Waals surface area (Å²) in [5.41, 5.74) is 3.45. The minimum Gasteiger partial charge on any atom is -0.491 e. The van der Waals surface area contributed by atoms with Gasteiger partial charge in [-0.15, -0.1) is 0 Å². The van der Waals surface area contributed by atoms with Crippen molar-refractivity contribution in [2.24, 2.45) is 0 Å². The maximum Gasteiger partial charge on any atom is 0.339 e. The quantitative estimate of drug-likeness (QED) is 0.639. The molecule has 0 saturated heterocycles. The van der Waals surface area contributed by atoms with Gasteiger partial charge in [-0.3, -0.25) is 4.90 Å². The lowest BCUT2D eigenvalue weighted by Crippen LogP contribution is -2.32. The summed E-state index contributed by atoms with van der Waals surface area (Å²) >= 11 is 0. The first kappa shape index (κ1) is 18.7. The van der Waals surface area contributed by atoms with Crippen LogP contribution in [-0.2, 0) is 19.4 Å². The van der Waals surface area contributed by atoms with E-state index in [9.17, 15) is 9.90 Å². The van der Waals surface area contributed by atoms with Crippen LogP contribution in [0.15, 0.2) is 57.7 Å². The normalized spacial score (nSPS) is 14.4. The molecule has 3 aromatic rings. The molecule has 0 amide bonds. The van der Waals surface area contributed by atoms with Crippen LogP contribution in [0.1, 0.15) is 23.1 Å². The van der Waals surface area contributed by atoms with Crippen LogP contribution in [-0.4, -0.2) is 36.3 Å². The maximum atomic E-state index is 12.1. The van der Waals surface area contributed by atoms with E-state index in [0.29, 0.717) is 17.9 Å². The average molecular weight is 379 g/mol. The molecule has 1 aromatic heterocycles. The molecule has 5 nitrogen and oxygen atoms in total. The fourth-order valence-corrected chi connectivity index (χ4v) is 3.92. The molecule has 2 aromatic carbocycles. The molecule has 28 heavy (non-hydrogen) atoms. The summed E-state index contributed by atoms with van der Waals surface area (Å²) in [5.74, 6) is 0.596. The molecule has 5 heteroatoms. The third-order valence-electron chi connectivity index (χ3n) is 5.21. The smallest absolute Gasteiger partial charge is 0.339 e. The van der Waals surface area contributed by atoms with Gasteiger partial charge in [0.2, 0.25) is 0 Å². The predicted octanol–water partition coefficient (Wildman–Crippen LogP) is 3.15. The number of hydrogen-bond donors (Lipinski definition) is 1. The minimum atomic E-state index is -0.614. The van der Waals surface area contributed by atoms with Gasteiger partial charge in [0.05, 0.1) is 0 Å². The zero-order chi connectivity index (χ0) is 19.5. The van der Waals surface area contributed by atoms with Crippen LogP contribution in [0, 0.1) is 0 Å². The van der Waals surface area contributed by atoms with Gasteiger partial charge in [-0.25, -0.2) is 4.79 Å². The van der Waals surface area contributed by atoms with Gasteiger partial charge in [-0.05, 0) is 49.6 Å². The third kappa shape index (κ3) is 4.11. The molecule has 4 rings (SSSR count). The summed E-state index contributed by atoms with van der Waals surface area (Å²) < 4.78 is 11.2. The van der Waals surface area contributed by atoms with Crippen LogP contribution in [0.4, 0.5) is 0 Å². The Bertz CT molecular complexity index is 1010. The number of fused-ring (bicyclic) bond motifs is 3. The van der Waals surface area contributed by atoms with Gasteiger partial charge in [0, 0.05) is 30.1 Å². The van der Waals surface area contributed by atoms with Crippen molar-refractivity contribution in [2.75, 3.05) is 20.2 Å². The summed E-state index contributed by atoms with van der Waals surface area (Å²) in [6, 6.07) is 15.7. The number of aliphatic hydroxyl groups excluding tert-OH is 1. The molecule has 0 radical (unpaired) electrons. The van der Waals surface area contributed by atoms with Crippen molar-refractivity contribution < 1.29 is 14.3 Å². The van der Waals surface area contributed by atoms with Crippen molar-refractivity contribution in [3.63, 3.8) is 0 Å². The second kappa shape index (κ2) is 8.17. The van der Waals surface area contributed by atoms with E-state index in [-0.39, 0.29) is 12.2 Å². The van der Waals surface area contributed by atoms with E-state index >= 15 is 0 Å². The summed E-state index contributed by atoms with van der Waals surface area (Å²) in [6.45, 7) is 1.45. The van der Waals surface area contributed by atoms with Gasteiger partial charge < -0.3 is 14.3 Å².